The van der Waals surface area contributed by atoms with Gasteiger partial charge < -0.3 is 5.11 Å². The molecule has 1 aliphatic rings. The summed E-state index contributed by atoms with van der Waals surface area (Å²) >= 11 is 0. The van der Waals surface area contributed by atoms with Crippen molar-refractivity contribution in [2.24, 2.45) is 0 Å². The molecule has 1 aliphatic heterocycles. The average molecular weight is 212 g/mol. The Morgan fingerprint density at radius 1 is 1.40 bits per heavy atom. The molecule has 0 radical (unpaired) electrons. The summed E-state index contributed by atoms with van der Waals surface area (Å²) in [5.41, 5.74) is 0.852. The SMILES string of the molecule is CC1(O)OOCCC1c1ccc(F)cc1. The lowest BCUT2D eigenvalue weighted by atomic mass is 9.88. The lowest BCUT2D eigenvalue weighted by Crippen LogP contribution is -2.40. The Bertz CT molecular complexity index is 334. The molecule has 4 heteroatoms. The largest absolute Gasteiger partial charge is 0.363 e. The van der Waals surface area contributed by atoms with Crippen LogP contribution in [0.4, 0.5) is 4.39 Å². The maximum atomic E-state index is 12.7. The third kappa shape index (κ3) is 2.17. The number of benzene rings is 1. The van der Waals surface area contributed by atoms with E-state index in [1.807, 2.05) is 0 Å². The fourth-order valence-electron chi connectivity index (χ4n) is 1.82. The predicted molar refractivity (Wildman–Crippen MR) is 51.4 cm³/mol. The molecule has 82 valence electrons. The summed E-state index contributed by atoms with van der Waals surface area (Å²) in [7, 11) is 0. The predicted octanol–water partition coefficient (Wildman–Crippen LogP) is 1.97. The molecule has 2 unspecified atom stereocenters. The lowest BCUT2D eigenvalue weighted by molar-refractivity contribution is -0.441. The van der Waals surface area contributed by atoms with Gasteiger partial charge in [-0.25, -0.2) is 14.2 Å². The van der Waals surface area contributed by atoms with Gasteiger partial charge in [-0.3, -0.25) is 0 Å². The van der Waals surface area contributed by atoms with E-state index in [-0.39, 0.29) is 11.7 Å². The number of rotatable bonds is 1. The summed E-state index contributed by atoms with van der Waals surface area (Å²) in [6, 6.07) is 6.06. The Morgan fingerprint density at radius 2 is 2.07 bits per heavy atom. The molecule has 0 amide bonds. The first-order valence-corrected chi connectivity index (χ1v) is 4.88. The molecule has 1 aromatic carbocycles. The van der Waals surface area contributed by atoms with Crippen molar-refractivity contribution in [1.82, 2.24) is 0 Å². The van der Waals surface area contributed by atoms with Crippen LogP contribution in [0.15, 0.2) is 24.3 Å². The Kier molecular flexibility index (Phi) is 2.73. The normalized spacial score (nSPS) is 31.5. The molecule has 1 heterocycles. The van der Waals surface area contributed by atoms with Crippen molar-refractivity contribution in [3.8, 4) is 0 Å². The van der Waals surface area contributed by atoms with Gasteiger partial charge in [0.15, 0.2) is 0 Å². The molecular formula is C11H13FO3. The van der Waals surface area contributed by atoms with Crippen molar-refractivity contribution in [2.75, 3.05) is 6.61 Å². The van der Waals surface area contributed by atoms with Crippen LogP contribution in [-0.2, 0) is 9.78 Å². The van der Waals surface area contributed by atoms with Crippen LogP contribution in [-0.4, -0.2) is 17.5 Å². The third-order valence-electron chi connectivity index (χ3n) is 2.64. The topological polar surface area (TPSA) is 38.7 Å². The van der Waals surface area contributed by atoms with Crippen LogP contribution < -0.4 is 0 Å². The van der Waals surface area contributed by atoms with E-state index in [0.29, 0.717) is 13.0 Å². The van der Waals surface area contributed by atoms with Gasteiger partial charge in [-0.05, 0) is 31.0 Å². The smallest absolute Gasteiger partial charge is 0.203 e. The zero-order chi connectivity index (χ0) is 10.9. The molecule has 0 aromatic heterocycles. The molecular weight excluding hydrogens is 199 g/mol. The number of hydrogen-bond acceptors (Lipinski definition) is 3. The Hall–Kier alpha value is -0.970. The molecule has 2 rings (SSSR count). The minimum Gasteiger partial charge on any atom is -0.363 e. The second-order valence-corrected chi connectivity index (χ2v) is 3.85. The van der Waals surface area contributed by atoms with Gasteiger partial charge >= 0.3 is 0 Å². The Morgan fingerprint density at radius 3 is 2.67 bits per heavy atom. The van der Waals surface area contributed by atoms with E-state index in [9.17, 15) is 9.50 Å². The minimum atomic E-state index is -1.35. The molecule has 1 N–H and O–H groups in total. The lowest BCUT2D eigenvalue weighted by Gasteiger charge is -2.35. The number of halogens is 1. The molecule has 1 aromatic rings. The Labute approximate surface area is 87.4 Å². The zero-order valence-electron chi connectivity index (χ0n) is 8.44. The average Bonchev–Trinajstić information content (AvgIpc) is 2.19. The van der Waals surface area contributed by atoms with Crippen molar-refractivity contribution < 1.29 is 19.3 Å². The molecule has 1 fully saturated rings. The standard InChI is InChI=1S/C11H13FO3/c1-11(13)10(6-7-14-15-11)8-2-4-9(12)5-3-8/h2-5,10,13H,6-7H2,1H3. The van der Waals surface area contributed by atoms with Gasteiger partial charge in [-0.1, -0.05) is 12.1 Å². The van der Waals surface area contributed by atoms with Gasteiger partial charge in [0.1, 0.15) is 5.82 Å². The van der Waals surface area contributed by atoms with E-state index in [1.165, 1.54) is 12.1 Å². The highest BCUT2D eigenvalue weighted by atomic mass is 19.1. The van der Waals surface area contributed by atoms with Gasteiger partial charge in [0.25, 0.3) is 0 Å². The van der Waals surface area contributed by atoms with Gasteiger partial charge in [0, 0.05) is 5.92 Å². The number of aliphatic hydroxyl groups is 1. The Balaban J connectivity index is 2.25. The number of hydrogen-bond donors (Lipinski definition) is 1. The molecule has 1 saturated heterocycles. The molecule has 0 bridgehead atoms. The highest BCUT2D eigenvalue weighted by molar-refractivity contribution is 5.22. The van der Waals surface area contributed by atoms with Crippen LogP contribution >= 0.6 is 0 Å². The van der Waals surface area contributed by atoms with Crippen LogP contribution in [0.5, 0.6) is 0 Å². The zero-order valence-corrected chi connectivity index (χ0v) is 8.44. The fourth-order valence-corrected chi connectivity index (χ4v) is 1.82. The quantitative estimate of drug-likeness (QED) is 0.723. The van der Waals surface area contributed by atoms with Crippen LogP contribution in [0, 0.1) is 5.82 Å². The molecule has 0 aliphatic carbocycles. The van der Waals surface area contributed by atoms with Crippen molar-refractivity contribution in [3.05, 3.63) is 35.6 Å². The monoisotopic (exact) mass is 212 g/mol. The second-order valence-electron chi connectivity index (χ2n) is 3.85. The van der Waals surface area contributed by atoms with Crippen LogP contribution in [0.1, 0.15) is 24.8 Å². The summed E-state index contributed by atoms with van der Waals surface area (Å²) in [5, 5.41) is 9.92. The van der Waals surface area contributed by atoms with E-state index < -0.39 is 5.79 Å². The van der Waals surface area contributed by atoms with Gasteiger partial charge in [-0.15, -0.1) is 0 Å². The molecule has 15 heavy (non-hydrogen) atoms. The second kappa shape index (κ2) is 3.89. The first-order chi connectivity index (χ1) is 7.09. The van der Waals surface area contributed by atoms with E-state index in [4.69, 9.17) is 9.78 Å². The van der Waals surface area contributed by atoms with Crippen LogP contribution in [0.25, 0.3) is 0 Å². The van der Waals surface area contributed by atoms with Crippen LogP contribution in [0.2, 0.25) is 0 Å². The highest BCUT2D eigenvalue weighted by Gasteiger charge is 2.38. The summed E-state index contributed by atoms with van der Waals surface area (Å²) in [6.45, 7) is 1.97. The van der Waals surface area contributed by atoms with E-state index in [2.05, 4.69) is 0 Å². The minimum absolute atomic E-state index is 0.188. The maximum Gasteiger partial charge on any atom is 0.203 e. The maximum absolute atomic E-state index is 12.7. The van der Waals surface area contributed by atoms with E-state index in [0.717, 1.165) is 5.56 Å². The van der Waals surface area contributed by atoms with Crippen molar-refractivity contribution in [2.45, 2.75) is 25.0 Å². The van der Waals surface area contributed by atoms with Gasteiger partial charge in [0.05, 0.1) is 6.61 Å². The summed E-state index contributed by atoms with van der Waals surface area (Å²) in [6.07, 6.45) is 0.651. The van der Waals surface area contributed by atoms with Crippen molar-refractivity contribution >= 4 is 0 Å². The molecule has 0 saturated carbocycles. The summed E-state index contributed by atoms with van der Waals surface area (Å²) in [5.74, 6) is -1.82. The summed E-state index contributed by atoms with van der Waals surface area (Å²) < 4.78 is 12.7. The first-order valence-electron chi connectivity index (χ1n) is 4.88. The van der Waals surface area contributed by atoms with E-state index in [1.54, 1.807) is 19.1 Å². The van der Waals surface area contributed by atoms with Crippen LogP contribution in [0.3, 0.4) is 0 Å². The van der Waals surface area contributed by atoms with Crippen molar-refractivity contribution in [1.29, 1.82) is 0 Å². The third-order valence-corrected chi connectivity index (χ3v) is 2.64. The first kappa shape index (κ1) is 10.5. The summed E-state index contributed by atoms with van der Waals surface area (Å²) in [4.78, 5) is 9.56. The van der Waals surface area contributed by atoms with Gasteiger partial charge in [0.2, 0.25) is 5.79 Å². The molecule has 0 spiro atoms. The highest BCUT2D eigenvalue weighted by Crippen LogP contribution is 2.35. The van der Waals surface area contributed by atoms with Gasteiger partial charge in [-0.2, -0.15) is 0 Å². The van der Waals surface area contributed by atoms with E-state index >= 15 is 0 Å². The fraction of sp³-hybridized carbons (Fsp3) is 0.455. The van der Waals surface area contributed by atoms with Crippen molar-refractivity contribution in [3.63, 3.8) is 0 Å². The molecule has 2 atom stereocenters. The molecule has 3 nitrogen and oxygen atoms in total.